The summed E-state index contributed by atoms with van der Waals surface area (Å²) < 4.78 is 222. The van der Waals surface area contributed by atoms with Crippen LogP contribution in [0.1, 0.15) is 13.3 Å². The standard InChI is InChI=1S/C9H7F14NO4S2/c1-2-3(4(10,11)5(12,13)7(16,17)18)29(25,26)24-30(27,28)9(22,23)6(14,15)8(19,20)21/h3,24H,2H2,1H3. The minimum Gasteiger partial charge on any atom is -0.211 e. The number of alkyl halides is 14. The van der Waals surface area contributed by atoms with E-state index in [1.165, 1.54) is 0 Å². The Morgan fingerprint density at radius 2 is 1.00 bits per heavy atom. The molecule has 21 heteroatoms. The molecule has 0 aliphatic carbocycles. The van der Waals surface area contributed by atoms with Crippen LogP contribution in [0.3, 0.4) is 0 Å². The van der Waals surface area contributed by atoms with Crippen LogP contribution in [-0.4, -0.2) is 57.5 Å². The van der Waals surface area contributed by atoms with E-state index in [0.29, 0.717) is 0 Å². The lowest BCUT2D eigenvalue weighted by Crippen LogP contribution is -2.64. The van der Waals surface area contributed by atoms with Crippen LogP contribution in [0.4, 0.5) is 61.5 Å². The summed E-state index contributed by atoms with van der Waals surface area (Å²) in [5.41, 5.74) is 0. The van der Waals surface area contributed by atoms with E-state index in [1.54, 1.807) is 0 Å². The van der Waals surface area contributed by atoms with Gasteiger partial charge < -0.3 is 0 Å². The van der Waals surface area contributed by atoms with Gasteiger partial charge >= 0.3 is 35.4 Å². The van der Waals surface area contributed by atoms with Crippen molar-refractivity contribution in [1.82, 2.24) is 4.13 Å². The van der Waals surface area contributed by atoms with Gasteiger partial charge in [-0.2, -0.15) is 61.5 Å². The van der Waals surface area contributed by atoms with Crippen LogP contribution in [0.5, 0.6) is 0 Å². The van der Waals surface area contributed by atoms with E-state index in [2.05, 4.69) is 0 Å². The van der Waals surface area contributed by atoms with Crippen LogP contribution in [0.25, 0.3) is 0 Å². The lowest BCUT2D eigenvalue weighted by molar-refractivity contribution is -0.354. The first kappa shape index (κ1) is 28.9. The van der Waals surface area contributed by atoms with Crippen molar-refractivity contribution in [3.05, 3.63) is 0 Å². The summed E-state index contributed by atoms with van der Waals surface area (Å²) in [4.78, 5) is 0. The summed E-state index contributed by atoms with van der Waals surface area (Å²) in [5, 5.41) is -11.9. The van der Waals surface area contributed by atoms with Gasteiger partial charge in [-0.15, -0.1) is 4.13 Å². The predicted octanol–water partition coefficient (Wildman–Crippen LogP) is 3.64. The Hall–Kier alpha value is -1.12. The van der Waals surface area contributed by atoms with Gasteiger partial charge in [-0.25, -0.2) is 16.8 Å². The molecular weight excluding hydrogens is 516 g/mol. The quantitative estimate of drug-likeness (QED) is 0.493. The van der Waals surface area contributed by atoms with Gasteiger partial charge in [0.25, 0.3) is 10.0 Å². The zero-order valence-electron chi connectivity index (χ0n) is 13.5. The van der Waals surface area contributed by atoms with E-state index < -0.39 is 71.2 Å². The summed E-state index contributed by atoms with van der Waals surface area (Å²) in [6.07, 6.45) is -16.6. The molecule has 0 aromatic carbocycles. The molecule has 0 fully saturated rings. The Labute approximate surface area is 157 Å². The summed E-state index contributed by atoms with van der Waals surface area (Å²) in [6.45, 7) is 0.110. The Morgan fingerprint density at radius 3 is 1.27 bits per heavy atom. The fraction of sp³-hybridized carbons (Fsp3) is 1.00. The van der Waals surface area contributed by atoms with Gasteiger partial charge in [0.2, 0.25) is 10.0 Å². The third-order valence-corrected chi connectivity index (χ3v) is 7.33. The van der Waals surface area contributed by atoms with Gasteiger partial charge in [-0.3, -0.25) is 0 Å². The first-order valence-electron chi connectivity index (χ1n) is 6.56. The largest absolute Gasteiger partial charge is 0.461 e. The maximum Gasteiger partial charge on any atom is 0.461 e. The number of halogens is 14. The molecule has 0 amide bonds. The molecule has 5 nitrogen and oxygen atoms in total. The van der Waals surface area contributed by atoms with E-state index in [0.717, 1.165) is 0 Å². The van der Waals surface area contributed by atoms with Crippen LogP contribution in [0.2, 0.25) is 0 Å². The average Bonchev–Trinajstić information content (AvgIpc) is 2.42. The highest BCUT2D eigenvalue weighted by molar-refractivity contribution is 8.05. The number of hydrogen-bond donors (Lipinski definition) is 1. The molecule has 0 aromatic heterocycles. The minimum absolute atomic E-state index is 0.110. The highest BCUT2D eigenvalue weighted by atomic mass is 32.3. The molecule has 0 bridgehead atoms. The van der Waals surface area contributed by atoms with E-state index >= 15 is 0 Å². The van der Waals surface area contributed by atoms with Crippen LogP contribution in [0.15, 0.2) is 0 Å². The molecule has 0 radical (unpaired) electrons. The molecule has 0 aliphatic heterocycles. The van der Waals surface area contributed by atoms with Crippen LogP contribution < -0.4 is 4.13 Å². The van der Waals surface area contributed by atoms with Crippen molar-refractivity contribution in [3.8, 4) is 0 Å². The van der Waals surface area contributed by atoms with Crippen LogP contribution >= 0.6 is 0 Å². The number of rotatable bonds is 8. The Kier molecular flexibility index (Phi) is 7.20. The lowest BCUT2D eigenvalue weighted by Gasteiger charge is -2.33. The van der Waals surface area contributed by atoms with Crippen molar-refractivity contribution >= 4 is 20.0 Å². The molecule has 1 atom stereocenters. The highest BCUT2D eigenvalue weighted by Crippen LogP contribution is 2.51. The summed E-state index contributed by atoms with van der Waals surface area (Å²) in [7, 11) is -14.9. The highest BCUT2D eigenvalue weighted by Gasteiger charge is 2.80. The maximum absolute atomic E-state index is 13.6. The first-order chi connectivity index (χ1) is 12.6. The fourth-order valence-corrected chi connectivity index (χ4v) is 5.20. The fourth-order valence-electron chi connectivity index (χ4n) is 1.66. The van der Waals surface area contributed by atoms with E-state index in [-0.39, 0.29) is 6.92 Å². The van der Waals surface area contributed by atoms with Crippen LogP contribution in [0, 0.1) is 0 Å². The monoisotopic (exact) mass is 523 g/mol. The minimum atomic E-state index is -7.86. The van der Waals surface area contributed by atoms with Crippen molar-refractivity contribution in [3.63, 3.8) is 0 Å². The lowest BCUT2D eigenvalue weighted by atomic mass is 10.1. The summed E-state index contributed by atoms with van der Waals surface area (Å²) in [6, 6.07) is 0. The number of nitrogens with one attached hydrogen (secondary N) is 1. The van der Waals surface area contributed by atoms with Gasteiger partial charge in [0.15, 0.2) is 0 Å². The first-order valence-corrected chi connectivity index (χ1v) is 9.59. The van der Waals surface area contributed by atoms with Gasteiger partial charge in [-0.1, -0.05) is 6.92 Å². The molecule has 0 saturated carbocycles. The molecule has 0 saturated heterocycles. The molecule has 0 spiro atoms. The third-order valence-electron chi connectivity index (χ3n) is 3.21. The number of hydrogen-bond acceptors (Lipinski definition) is 4. The molecule has 182 valence electrons. The smallest absolute Gasteiger partial charge is 0.211 e. The predicted molar refractivity (Wildman–Crippen MR) is 67.0 cm³/mol. The third kappa shape index (κ3) is 4.41. The van der Waals surface area contributed by atoms with Crippen molar-refractivity contribution < 1.29 is 78.3 Å². The van der Waals surface area contributed by atoms with Crippen LogP contribution in [-0.2, 0) is 20.0 Å². The Bertz CT molecular complexity index is 842. The van der Waals surface area contributed by atoms with E-state index in [4.69, 9.17) is 0 Å². The Balaban J connectivity index is 6.47. The summed E-state index contributed by atoms with van der Waals surface area (Å²) >= 11 is 0. The molecule has 0 aromatic rings. The SMILES string of the molecule is CCC(C(F)(F)C(F)(F)C(F)(F)F)S(=O)(=O)NS(=O)(=O)C(F)(F)C(F)(F)C(F)(F)F. The normalized spacial score (nSPS) is 17.2. The molecule has 0 aliphatic rings. The Morgan fingerprint density at radius 1 is 0.667 bits per heavy atom. The van der Waals surface area contributed by atoms with E-state index in [1.807, 2.05) is 0 Å². The molecule has 0 rings (SSSR count). The summed E-state index contributed by atoms with van der Waals surface area (Å²) in [5.74, 6) is -21.6. The van der Waals surface area contributed by atoms with Crippen molar-refractivity contribution in [2.24, 2.45) is 0 Å². The molecule has 30 heavy (non-hydrogen) atoms. The van der Waals surface area contributed by atoms with E-state index in [9.17, 15) is 78.3 Å². The zero-order chi connectivity index (χ0) is 25.0. The zero-order valence-corrected chi connectivity index (χ0v) is 15.2. The molecule has 1 unspecified atom stereocenters. The molecule has 0 heterocycles. The van der Waals surface area contributed by atoms with Crippen molar-refractivity contribution in [2.75, 3.05) is 0 Å². The molecule has 1 N–H and O–H groups in total. The second-order valence-electron chi connectivity index (χ2n) is 5.31. The van der Waals surface area contributed by atoms with Gasteiger partial charge in [0, 0.05) is 0 Å². The number of sulfonamides is 2. The average molecular weight is 523 g/mol. The van der Waals surface area contributed by atoms with Gasteiger partial charge in [0.1, 0.15) is 5.25 Å². The van der Waals surface area contributed by atoms with Gasteiger partial charge in [-0.05, 0) is 6.42 Å². The second kappa shape index (κ2) is 7.48. The van der Waals surface area contributed by atoms with Crippen molar-refractivity contribution in [2.45, 2.75) is 54.0 Å². The second-order valence-corrected chi connectivity index (χ2v) is 9.16. The molecular formula is C9H7F14NO4S2. The maximum atomic E-state index is 13.6. The van der Waals surface area contributed by atoms with Crippen molar-refractivity contribution in [1.29, 1.82) is 0 Å². The van der Waals surface area contributed by atoms with Gasteiger partial charge in [0.05, 0.1) is 0 Å². The topological polar surface area (TPSA) is 80.3 Å².